The standard InChI is InChI=1S/C11H20N2O2/c1-12-8-9-4-2-6-13(9)11(14)10-5-3-7-15-10/h9-10,12H,2-8H2,1H3/t9?,10-/m0/s1. The topological polar surface area (TPSA) is 41.6 Å². The van der Waals surface area contributed by atoms with Crippen molar-refractivity contribution in [3.05, 3.63) is 0 Å². The van der Waals surface area contributed by atoms with E-state index in [1.807, 2.05) is 11.9 Å². The van der Waals surface area contributed by atoms with Crippen molar-refractivity contribution in [2.45, 2.75) is 37.8 Å². The molecule has 1 amide bonds. The van der Waals surface area contributed by atoms with Crippen molar-refractivity contribution in [3.8, 4) is 0 Å². The number of carbonyl (C=O) groups excluding carboxylic acids is 1. The molecule has 0 bridgehead atoms. The summed E-state index contributed by atoms with van der Waals surface area (Å²) in [6.45, 7) is 2.56. The first-order valence-electron chi connectivity index (χ1n) is 5.89. The summed E-state index contributed by atoms with van der Waals surface area (Å²) < 4.78 is 5.44. The Balaban J connectivity index is 1.92. The molecular formula is C11H20N2O2. The Bertz CT molecular complexity index is 227. The Labute approximate surface area is 91.0 Å². The van der Waals surface area contributed by atoms with Crippen LogP contribution >= 0.6 is 0 Å². The Kier molecular flexibility index (Phi) is 3.59. The van der Waals surface area contributed by atoms with Gasteiger partial charge in [0, 0.05) is 25.7 Å². The molecule has 4 heteroatoms. The Morgan fingerprint density at radius 3 is 3.00 bits per heavy atom. The number of likely N-dealkylation sites (tertiary alicyclic amines) is 1. The van der Waals surface area contributed by atoms with Crippen LogP contribution < -0.4 is 5.32 Å². The van der Waals surface area contributed by atoms with Crippen LogP contribution in [0.5, 0.6) is 0 Å². The average Bonchev–Trinajstić information content (AvgIpc) is 2.87. The maximum Gasteiger partial charge on any atom is 0.251 e. The molecule has 0 radical (unpaired) electrons. The summed E-state index contributed by atoms with van der Waals surface area (Å²) >= 11 is 0. The van der Waals surface area contributed by atoms with E-state index in [9.17, 15) is 4.79 Å². The highest BCUT2D eigenvalue weighted by atomic mass is 16.5. The third kappa shape index (κ3) is 2.32. The van der Waals surface area contributed by atoms with Crippen molar-refractivity contribution in [1.82, 2.24) is 10.2 Å². The largest absolute Gasteiger partial charge is 0.368 e. The van der Waals surface area contributed by atoms with E-state index < -0.39 is 0 Å². The molecule has 2 rings (SSSR count). The first-order valence-corrected chi connectivity index (χ1v) is 5.89. The second-order valence-electron chi connectivity index (χ2n) is 4.39. The van der Waals surface area contributed by atoms with Gasteiger partial charge in [-0.15, -0.1) is 0 Å². The lowest BCUT2D eigenvalue weighted by Crippen LogP contribution is -2.45. The molecule has 0 aromatic carbocycles. The van der Waals surface area contributed by atoms with E-state index in [2.05, 4.69) is 5.32 Å². The minimum atomic E-state index is -0.151. The first kappa shape index (κ1) is 10.9. The number of likely N-dealkylation sites (N-methyl/N-ethyl adjacent to an activating group) is 1. The third-order valence-corrected chi connectivity index (χ3v) is 3.31. The lowest BCUT2D eigenvalue weighted by molar-refractivity contribution is -0.141. The van der Waals surface area contributed by atoms with Gasteiger partial charge in [0.1, 0.15) is 6.10 Å². The number of hydrogen-bond acceptors (Lipinski definition) is 3. The van der Waals surface area contributed by atoms with Crippen LogP contribution in [-0.2, 0) is 9.53 Å². The highest BCUT2D eigenvalue weighted by molar-refractivity contribution is 5.81. The van der Waals surface area contributed by atoms with E-state index in [0.717, 1.165) is 45.4 Å². The predicted molar refractivity (Wildman–Crippen MR) is 57.6 cm³/mol. The molecule has 1 N–H and O–H groups in total. The Morgan fingerprint density at radius 2 is 2.33 bits per heavy atom. The molecule has 0 aromatic heterocycles. The Hall–Kier alpha value is -0.610. The van der Waals surface area contributed by atoms with Crippen LogP contribution in [0.2, 0.25) is 0 Å². The molecular weight excluding hydrogens is 192 g/mol. The zero-order valence-corrected chi connectivity index (χ0v) is 9.37. The van der Waals surface area contributed by atoms with Crippen molar-refractivity contribution in [2.75, 3.05) is 26.7 Å². The normalized spacial score (nSPS) is 31.1. The summed E-state index contributed by atoms with van der Waals surface area (Å²) in [5, 5.41) is 3.15. The van der Waals surface area contributed by atoms with E-state index >= 15 is 0 Å². The van der Waals surface area contributed by atoms with Gasteiger partial charge in [0.15, 0.2) is 0 Å². The minimum absolute atomic E-state index is 0.151. The molecule has 2 fully saturated rings. The highest BCUT2D eigenvalue weighted by Crippen LogP contribution is 2.22. The van der Waals surface area contributed by atoms with Crippen molar-refractivity contribution in [3.63, 3.8) is 0 Å². The number of nitrogens with zero attached hydrogens (tertiary/aromatic N) is 1. The number of rotatable bonds is 3. The molecule has 4 nitrogen and oxygen atoms in total. The Morgan fingerprint density at radius 1 is 1.47 bits per heavy atom. The maximum absolute atomic E-state index is 12.1. The molecule has 0 aromatic rings. The molecule has 2 aliphatic rings. The lowest BCUT2D eigenvalue weighted by Gasteiger charge is -2.26. The number of hydrogen-bond donors (Lipinski definition) is 1. The van der Waals surface area contributed by atoms with Crippen molar-refractivity contribution >= 4 is 5.91 Å². The summed E-state index contributed by atoms with van der Waals surface area (Å²) in [6.07, 6.45) is 4.04. The molecule has 2 saturated heterocycles. The monoisotopic (exact) mass is 212 g/mol. The SMILES string of the molecule is CNCC1CCCN1C(=O)[C@@H]1CCCO1. The van der Waals surface area contributed by atoms with Crippen molar-refractivity contribution < 1.29 is 9.53 Å². The maximum atomic E-state index is 12.1. The van der Waals surface area contributed by atoms with Gasteiger partial charge >= 0.3 is 0 Å². The molecule has 2 aliphatic heterocycles. The summed E-state index contributed by atoms with van der Waals surface area (Å²) in [4.78, 5) is 14.1. The summed E-state index contributed by atoms with van der Waals surface area (Å²) in [6, 6.07) is 0.381. The molecule has 2 heterocycles. The van der Waals surface area contributed by atoms with E-state index in [1.54, 1.807) is 0 Å². The van der Waals surface area contributed by atoms with Gasteiger partial charge in [-0.2, -0.15) is 0 Å². The van der Waals surface area contributed by atoms with Crippen LogP contribution in [-0.4, -0.2) is 49.7 Å². The molecule has 0 saturated carbocycles. The quantitative estimate of drug-likeness (QED) is 0.735. The van der Waals surface area contributed by atoms with Crippen LogP contribution in [0.3, 0.4) is 0 Å². The highest BCUT2D eigenvalue weighted by Gasteiger charge is 2.34. The van der Waals surface area contributed by atoms with Crippen molar-refractivity contribution in [1.29, 1.82) is 0 Å². The van der Waals surface area contributed by atoms with Gasteiger partial charge in [-0.1, -0.05) is 0 Å². The van der Waals surface area contributed by atoms with Gasteiger partial charge in [0.2, 0.25) is 0 Å². The third-order valence-electron chi connectivity index (χ3n) is 3.31. The molecule has 1 unspecified atom stereocenters. The first-order chi connectivity index (χ1) is 7.33. The van der Waals surface area contributed by atoms with Crippen molar-refractivity contribution in [2.24, 2.45) is 0 Å². The summed E-state index contributed by atoms with van der Waals surface area (Å²) in [5.74, 6) is 0.213. The van der Waals surface area contributed by atoms with Crippen LogP contribution in [0.1, 0.15) is 25.7 Å². The van der Waals surface area contributed by atoms with Gasteiger partial charge in [-0.05, 0) is 32.7 Å². The number of nitrogens with one attached hydrogen (secondary N) is 1. The molecule has 0 aliphatic carbocycles. The number of ether oxygens (including phenoxy) is 1. The second kappa shape index (κ2) is 4.94. The van der Waals surface area contributed by atoms with Crippen LogP contribution in [0.15, 0.2) is 0 Å². The molecule has 15 heavy (non-hydrogen) atoms. The van der Waals surface area contributed by atoms with E-state index in [1.165, 1.54) is 0 Å². The fourth-order valence-corrected chi connectivity index (χ4v) is 2.53. The molecule has 2 atom stereocenters. The molecule has 86 valence electrons. The fraction of sp³-hybridized carbons (Fsp3) is 0.909. The minimum Gasteiger partial charge on any atom is -0.368 e. The summed E-state index contributed by atoms with van der Waals surface area (Å²) in [5.41, 5.74) is 0. The molecule has 0 spiro atoms. The van der Waals surface area contributed by atoms with Gasteiger partial charge < -0.3 is 15.0 Å². The fourth-order valence-electron chi connectivity index (χ4n) is 2.53. The lowest BCUT2D eigenvalue weighted by atomic mass is 10.2. The van der Waals surface area contributed by atoms with Crippen LogP contribution in [0, 0.1) is 0 Å². The van der Waals surface area contributed by atoms with Gasteiger partial charge in [0.05, 0.1) is 0 Å². The zero-order chi connectivity index (χ0) is 10.7. The zero-order valence-electron chi connectivity index (χ0n) is 9.37. The van der Waals surface area contributed by atoms with Gasteiger partial charge in [-0.3, -0.25) is 4.79 Å². The van der Waals surface area contributed by atoms with E-state index in [4.69, 9.17) is 4.74 Å². The van der Waals surface area contributed by atoms with Crippen LogP contribution in [0.25, 0.3) is 0 Å². The smallest absolute Gasteiger partial charge is 0.251 e. The van der Waals surface area contributed by atoms with E-state index in [-0.39, 0.29) is 12.0 Å². The number of amides is 1. The van der Waals surface area contributed by atoms with Gasteiger partial charge in [-0.25, -0.2) is 0 Å². The second-order valence-corrected chi connectivity index (χ2v) is 4.39. The van der Waals surface area contributed by atoms with Crippen LogP contribution in [0.4, 0.5) is 0 Å². The predicted octanol–water partition coefficient (Wildman–Crippen LogP) is 0.376. The number of carbonyl (C=O) groups is 1. The average molecular weight is 212 g/mol. The van der Waals surface area contributed by atoms with E-state index in [0.29, 0.717) is 6.04 Å². The summed E-state index contributed by atoms with van der Waals surface area (Å²) in [7, 11) is 1.94. The van der Waals surface area contributed by atoms with Gasteiger partial charge in [0.25, 0.3) is 5.91 Å².